The Morgan fingerprint density at radius 1 is 1.41 bits per heavy atom. The molecule has 0 spiro atoms. The average Bonchev–Trinajstić information content (AvgIpc) is 2.26. The Hall–Kier alpha value is -1.40. The summed E-state index contributed by atoms with van der Waals surface area (Å²) in [6, 6.07) is 7.69. The number of carbonyl (C=O) groups is 2. The van der Waals surface area contributed by atoms with Crippen LogP contribution in [-0.4, -0.2) is 18.4 Å². The zero-order chi connectivity index (χ0) is 12.7. The number of rotatable bonds is 6. The summed E-state index contributed by atoms with van der Waals surface area (Å²) in [5, 5.41) is 0. The smallest absolute Gasteiger partial charge is 0.246 e. The zero-order valence-electron chi connectivity index (χ0n) is 9.11. The first kappa shape index (κ1) is 13.7. The van der Waals surface area contributed by atoms with E-state index in [1.165, 1.54) is 0 Å². The van der Waals surface area contributed by atoms with Gasteiger partial charge in [-0.05, 0) is 24.1 Å². The standard InChI is InChI=1S/C11H13BrN2O3/c12-9-3-1-2-8(6-9)4-5-11(16)14-17-7-10(13)15/h1-3,6H,4-5,7H2,(H2,13,15)(H,14,16). The van der Waals surface area contributed by atoms with Crippen molar-refractivity contribution in [1.82, 2.24) is 5.48 Å². The van der Waals surface area contributed by atoms with Crippen LogP contribution in [0.2, 0.25) is 0 Å². The van der Waals surface area contributed by atoms with E-state index in [-0.39, 0.29) is 18.9 Å². The summed E-state index contributed by atoms with van der Waals surface area (Å²) < 4.78 is 0.973. The van der Waals surface area contributed by atoms with Gasteiger partial charge in [0.05, 0.1) is 0 Å². The molecule has 6 heteroatoms. The number of primary amides is 1. The Balaban J connectivity index is 2.26. The minimum absolute atomic E-state index is 0.286. The minimum atomic E-state index is -0.628. The van der Waals surface area contributed by atoms with Gasteiger partial charge < -0.3 is 5.73 Å². The molecule has 0 unspecified atom stereocenters. The maximum atomic E-state index is 11.3. The van der Waals surface area contributed by atoms with Gasteiger partial charge in [0.15, 0.2) is 6.61 Å². The quantitative estimate of drug-likeness (QED) is 0.766. The second-order valence-electron chi connectivity index (χ2n) is 3.41. The number of hydrogen-bond acceptors (Lipinski definition) is 3. The second kappa shape index (κ2) is 7.03. The van der Waals surface area contributed by atoms with E-state index in [2.05, 4.69) is 26.2 Å². The highest BCUT2D eigenvalue weighted by Crippen LogP contribution is 2.12. The van der Waals surface area contributed by atoms with Crippen molar-refractivity contribution >= 4 is 27.7 Å². The molecule has 17 heavy (non-hydrogen) atoms. The van der Waals surface area contributed by atoms with E-state index in [0.29, 0.717) is 6.42 Å². The van der Waals surface area contributed by atoms with Gasteiger partial charge in [-0.15, -0.1) is 0 Å². The van der Waals surface area contributed by atoms with Crippen LogP contribution in [0.4, 0.5) is 0 Å². The summed E-state index contributed by atoms with van der Waals surface area (Å²) in [5.74, 6) is -0.913. The predicted octanol–water partition coefficient (Wildman–Crippen LogP) is 0.915. The molecular formula is C11H13BrN2O3. The summed E-state index contributed by atoms with van der Waals surface area (Å²) in [4.78, 5) is 26.2. The molecule has 3 N–H and O–H groups in total. The second-order valence-corrected chi connectivity index (χ2v) is 4.33. The maximum absolute atomic E-state index is 11.3. The Morgan fingerprint density at radius 2 is 2.18 bits per heavy atom. The van der Waals surface area contributed by atoms with Gasteiger partial charge in [0.1, 0.15) is 0 Å². The lowest BCUT2D eigenvalue weighted by atomic mass is 10.1. The fourth-order valence-corrected chi connectivity index (χ4v) is 1.64. The van der Waals surface area contributed by atoms with E-state index in [1.54, 1.807) is 0 Å². The fraction of sp³-hybridized carbons (Fsp3) is 0.273. The third-order valence-electron chi connectivity index (χ3n) is 1.93. The van der Waals surface area contributed by atoms with Crippen molar-refractivity contribution in [2.45, 2.75) is 12.8 Å². The Labute approximate surface area is 107 Å². The molecular weight excluding hydrogens is 288 g/mol. The van der Waals surface area contributed by atoms with Gasteiger partial charge in [-0.3, -0.25) is 14.4 Å². The van der Waals surface area contributed by atoms with Crippen molar-refractivity contribution < 1.29 is 14.4 Å². The molecule has 0 saturated carbocycles. The lowest BCUT2D eigenvalue weighted by Gasteiger charge is -2.04. The molecule has 2 amide bonds. The molecule has 92 valence electrons. The number of hydrogen-bond donors (Lipinski definition) is 2. The molecule has 1 aromatic carbocycles. The highest BCUT2D eigenvalue weighted by Gasteiger charge is 2.03. The van der Waals surface area contributed by atoms with Crippen molar-refractivity contribution in [2.75, 3.05) is 6.61 Å². The number of hydroxylamine groups is 1. The third kappa shape index (κ3) is 6.03. The van der Waals surface area contributed by atoms with Crippen molar-refractivity contribution in [3.63, 3.8) is 0 Å². The van der Waals surface area contributed by atoms with Crippen LogP contribution in [0.5, 0.6) is 0 Å². The summed E-state index contributed by atoms with van der Waals surface area (Å²) in [6.07, 6.45) is 0.889. The largest absolute Gasteiger partial charge is 0.368 e. The van der Waals surface area contributed by atoms with Crippen molar-refractivity contribution in [1.29, 1.82) is 0 Å². The van der Waals surface area contributed by atoms with Gasteiger partial charge >= 0.3 is 0 Å². The number of nitrogens with two attached hydrogens (primary N) is 1. The molecule has 0 heterocycles. The zero-order valence-corrected chi connectivity index (χ0v) is 10.7. The summed E-state index contributed by atoms with van der Waals surface area (Å²) >= 11 is 3.35. The van der Waals surface area contributed by atoms with Crippen LogP contribution in [0.3, 0.4) is 0 Å². The first-order valence-corrected chi connectivity index (χ1v) is 5.80. The molecule has 1 aromatic rings. The van der Waals surface area contributed by atoms with Gasteiger partial charge in [0.25, 0.3) is 0 Å². The minimum Gasteiger partial charge on any atom is -0.368 e. The first-order chi connectivity index (χ1) is 8.08. The summed E-state index contributed by atoms with van der Waals surface area (Å²) in [7, 11) is 0. The molecule has 0 aliphatic carbocycles. The van der Waals surface area contributed by atoms with E-state index >= 15 is 0 Å². The topological polar surface area (TPSA) is 81.4 Å². The van der Waals surface area contributed by atoms with Crippen LogP contribution >= 0.6 is 15.9 Å². The highest BCUT2D eigenvalue weighted by molar-refractivity contribution is 9.10. The summed E-state index contributed by atoms with van der Waals surface area (Å²) in [6.45, 7) is -0.317. The predicted molar refractivity (Wildman–Crippen MR) is 65.8 cm³/mol. The molecule has 0 atom stereocenters. The molecule has 0 aliphatic rings. The number of aryl methyl sites for hydroxylation is 1. The number of nitrogens with one attached hydrogen (secondary N) is 1. The van der Waals surface area contributed by atoms with Gasteiger partial charge in [0, 0.05) is 10.9 Å². The van der Waals surface area contributed by atoms with Crippen LogP contribution < -0.4 is 11.2 Å². The molecule has 0 radical (unpaired) electrons. The molecule has 0 aliphatic heterocycles. The van der Waals surface area contributed by atoms with Gasteiger partial charge in [-0.1, -0.05) is 28.1 Å². The fourth-order valence-electron chi connectivity index (χ4n) is 1.19. The Kier molecular flexibility index (Phi) is 5.65. The van der Waals surface area contributed by atoms with E-state index in [9.17, 15) is 9.59 Å². The molecule has 0 bridgehead atoms. The van der Waals surface area contributed by atoms with Crippen LogP contribution in [-0.2, 0) is 20.8 Å². The number of carbonyl (C=O) groups excluding carboxylic acids is 2. The Morgan fingerprint density at radius 3 is 2.82 bits per heavy atom. The van der Waals surface area contributed by atoms with Crippen LogP contribution in [0.15, 0.2) is 28.7 Å². The number of benzene rings is 1. The third-order valence-corrected chi connectivity index (χ3v) is 2.42. The molecule has 0 saturated heterocycles. The van der Waals surface area contributed by atoms with Crippen LogP contribution in [0.1, 0.15) is 12.0 Å². The number of halogens is 1. The van der Waals surface area contributed by atoms with E-state index < -0.39 is 5.91 Å². The van der Waals surface area contributed by atoms with Gasteiger partial charge in [0.2, 0.25) is 11.8 Å². The summed E-state index contributed by atoms with van der Waals surface area (Å²) in [5.41, 5.74) is 8.03. The van der Waals surface area contributed by atoms with E-state index in [0.717, 1.165) is 10.0 Å². The molecule has 1 rings (SSSR count). The number of amides is 2. The SMILES string of the molecule is NC(=O)CONC(=O)CCc1cccc(Br)c1. The monoisotopic (exact) mass is 300 g/mol. The Bertz CT molecular complexity index is 409. The lowest BCUT2D eigenvalue weighted by Crippen LogP contribution is -2.29. The molecule has 0 aromatic heterocycles. The highest BCUT2D eigenvalue weighted by atomic mass is 79.9. The van der Waals surface area contributed by atoms with Gasteiger partial charge in [-0.2, -0.15) is 0 Å². The van der Waals surface area contributed by atoms with Gasteiger partial charge in [-0.25, -0.2) is 5.48 Å². The van der Waals surface area contributed by atoms with Crippen LogP contribution in [0, 0.1) is 0 Å². The van der Waals surface area contributed by atoms with Crippen molar-refractivity contribution in [2.24, 2.45) is 5.73 Å². The first-order valence-electron chi connectivity index (χ1n) is 5.01. The maximum Gasteiger partial charge on any atom is 0.246 e. The molecule has 5 nitrogen and oxygen atoms in total. The van der Waals surface area contributed by atoms with Crippen molar-refractivity contribution in [3.05, 3.63) is 34.3 Å². The average molecular weight is 301 g/mol. The molecule has 0 fully saturated rings. The normalized spacial score (nSPS) is 9.94. The van der Waals surface area contributed by atoms with Crippen LogP contribution in [0.25, 0.3) is 0 Å². The van der Waals surface area contributed by atoms with E-state index in [4.69, 9.17) is 5.73 Å². The van der Waals surface area contributed by atoms with Crippen molar-refractivity contribution in [3.8, 4) is 0 Å². The van der Waals surface area contributed by atoms with E-state index in [1.807, 2.05) is 24.3 Å². The lowest BCUT2D eigenvalue weighted by molar-refractivity contribution is -0.137.